The number of nitrogens with zero attached hydrogens (tertiary/aromatic N) is 2. The molecule has 1 aliphatic rings. The summed E-state index contributed by atoms with van der Waals surface area (Å²) in [6.45, 7) is 2.37. The van der Waals surface area contributed by atoms with Gasteiger partial charge >= 0.3 is 0 Å². The third kappa shape index (κ3) is 5.87. The van der Waals surface area contributed by atoms with Gasteiger partial charge in [0.05, 0.1) is 5.02 Å². The molecular weight excluding hydrogens is 432 g/mol. The van der Waals surface area contributed by atoms with E-state index in [1.54, 1.807) is 36.5 Å². The van der Waals surface area contributed by atoms with E-state index in [9.17, 15) is 4.79 Å². The van der Waals surface area contributed by atoms with Crippen LogP contribution in [0.15, 0.2) is 36.5 Å². The first kappa shape index (κ1) is 23.8. The van der Waals surface area contributed by atoms with Gasteiger partial charge in [0.2, 0.25) is 5.88 Å². The first-order chi connectivity index (χ1) is 12.1. The standard InChI is InChI=1S/C18H19Cl2N3O2.2ClH/c1-21-10-12-6-8-23(11-12)18(24)14-3-2-7-22-17(14)25-16-5-4-13(19)9-15(16)20;;/h2-5,7,9,12,21H,6,8,10-11H2,1H3;2*1H. The molecule has 1 N–H and O–H groups in total. The van der Waals surface area contributed by atoms with Crippen molar-refractivity contribution in [3.8, 4) is 11.6 Å². The van der Waals surface area contributed by atoms with Crippen LogP contribution in [0, 0.1) is 5.92 Å². The monoisotopic (exact) mass is 451 g/mol. The van der Waals surface area contributed by atoms with Crippen LogP contribution in [0.25, 0.3) is 0 Å². The van der Waals surface area contributed by atoms with Crippen LogP contribution in [-0.2, 0) is 0 Å². The van der Waals surface area contributed by atoms with Crippen LogP contribution >= 0.6 is 48.0 Å². The number of likely N-dealkylation sites (tertiary alicyclic amines) is 1. The molecule has 1 fully saturated rings. The maximum absolute atomic E-state index is 12.9. The minimum Gasteiger partial charge on any atom is -0.437 e. The maximum atomic E-state index is 12.9. The van der Waals surface area contributed by atoms with Gasteiger partial charge in [-0.05, 0) is 56.3 Å². The predicted molar refractivity (Wildman–Crippen MR) is 113 cm³/mol. The first-order valence-corrected chi connectivity index (χ1v) is 8.86. The lowest BCUT2D eigenvalue weighted by Crippen LogP contribution is -2.30. The van der Waals surface area contributed by atoms with Crippen LogP contribution in [0.1, 0.15) is 16.8 Å². The molecule has 1 aliphatic heterocycles. The van der Waals surface area contributed by atoms with E-state index in [4.69, 9.17) is 27.9 Å². The molecule has 1 atom stereocenters. The number of pyridine rings is 1. The molecule has 1 aromatic heterocycles. The summed E-state index contributed by atoms with van der Waals surface area (Å²) in [6, 6.07) is 8.37. The molecule has 3 rings (SSSR count). The summed E-state index contributed by atoms with van der Waals surface area (Å²) in [5.74, 6) is 1.05. The van der Waals surface area contributed by atoms with Crippen LogP contribution in [-0.4, -0.2) is 42.5 Å². The molecule has 2 heterocycles. The van der Waals surface area contributed by atoms with Crippen molar-refractivity contribution in [2.24, 2.45) is 5.92 Å². The van der Waals surface area contributed by atoms with Crippen LogP contribution < -0.4 is 10.1 Å². The average molecular weight is 453 g/mol. The molecule has 5 nitrogen and oxygen atoms in total. The summed E-state index contributed by atoms with van der Waals surface area (Å²) >= 11 is 12.1. The Hall–Kier alpha value is -1.24. The summed E-state index contributed by atoms with van der Waals surface area (Å²) in [7, 11) is 1.92. The Morgan fingerprint density at radius 2 is 2.11 bits per heavy atom. The molecule has 1 amide bonds. The van der Waals surface area contributed by atoms with Crippen molar-refractivity contribution < 1.29 is 9.53 Å². The van der Waals surface area contributed by atoms with E-state index < -0.39 is 0 Å². The maximum Gasteiger partial charge on any atom is 0.259 e. The summed E-state index contributed by atoms with van der Waals surface area (Å²) < 4.78 is 5.79. The molecule has 2 aromatic rings. The highest BCUT2D eigenvalue weighted by atomic mass is 35.5. The van der Waals surface area contributed by atoms with Crippen LogP contribution in [0.2, 0.25) is 10.0 Å². The van der Waals surface area contributed by atoms with E-state index in [2.05, 4.69) is 10.3 Å². The van der Waals surface area contributed by atoms with Crippen molar-refractivity contribution in [3.63, 3.8) is 0 Å². The minimum absolute atomic E-state index is 0. The Kier molecular flexibility index (Phi) is 9.63. The van der Waals surface area contributed by atoms with Gasteiger partial charge < -0.3 is 15.0 Å². The topological polar surface area (TPSA) is 54.5 Å². The molecule has 1 saturated heterocycles. The van der Waals surface area contributed by atoms with Gasteiger partial charge in [-0.3, -0.25) is 4.79 Å². The Balaban J connectivity index is 0.00000182. The highest BCUT2D eigenvalue weighted by Crippen LogP contribution is 2.32. The first-order valence-electron chi connectivity index (χ1n) is 8.10. The predicted octanol–water partition coefficient (Wildman–Crippen LogP) is 4.71. The molecule has 1 unspecified atom stereocenters. The zero-order valence-corrected chi connectivity index (χ0v) is 17.8. The van der Waals surface area contributed by atoms with Crippen LogP contribution in [0.4, 0.5) is 0 Å². The Morgan fingerprint density at radius 3 is 2.81 bits per heavy atom. The number of benzene rings is 1. The lowest BCUT2D eigenvalue weighted by molar-refractivity contribution is 0.0784. The number of hydrogen-bond acceptors (Lipinski definition) is 4. The van der Waals surface area contributed by atoms with Gasteiger partial charge in [-0.25, -0.2) is 4.98 Å². The van der Waals surface area contributed by atoms with E-state index in [1.807, 2.05) is 11.9 Å². The highest BCUT2D eigenvalue weighted by molar-refractivity contribution is 6.35. The van der Waals surface area contributed by atoms with E-state index in [1.165, 1.54) is 0 Å². The van der Waals surface area contributed by atoms with E-state index in [-0.39, 0.29) is 36.6 Å². The van der Waals surface area contributed by atoms with Gasteiger partial charge in [0.15, 0.2) is 0 Å². The molecule has 1 aromatic carbocycles. The van der Waals surface area contributed by atoms with E-state index >= 15 is 0 Å². The molecule has 148 valence electrons. The number of hydrogen-bond donors (Lipinski definition) is 1. The van der Waals surface area contributed by atoms with E-state index in [0.29, 0.717) is 27.3 Å². The number of nitrogens with one attached hydrogen (secondary N) is 1. The number of carbonyl (C=O) groups excluding carboxylic acids is 1. The van der Waals surface area contributed by atoms with Crippen molar-refractivity contribution in [2.75, 3.05) is 26.7 Å². The number of halogens is 4. The van der Waals surface area contributed by atoms with Gasteiger partial charge in [-0.2, -0.15) is 0 Å². The second-order valence-electron chi connectivity index (χ2n) is 6.00. The lowest BCUT2D eigenvalue weighted by Gasteiger charge is -2.18. The number of carbonyl (C=O) groups is 1. The minimum atomic E-state index is -0.0770. The summed E-state index contributed by atoms with van der Waals surface area (Å²) in [5, 5.41) is 4.05. The molecule has 0 bridgehead atoms. The van der Waals surface area contributed by atoms with E-state index in [0.717, 1.165) is 26.1 Å². The zero-order valence-electron chi connectivity index (χ0n) is 14.7. The third-order valence-corrected chi connectivity index (χ3v) is 4.70. The Bertz CT molecular complexity index is 776. The number of rotatable bonds is 5. The van der Waals surface area contributed by atoms with Gasteiger partial charge in [-0.1, -0.05) is 23.2 Å². The Morgan fingerprint density at radius 1 is 1.33 bits per heavy atom. The van der Waals surface area contributed by atoms with Crippen molar-refractivity contribution in [2.45, 2.75) is 6.42 Å². The van der Waals surface area contributed by atoms with Gasteiger partial charge in [0.1, 0.15) is 11.3 Å². The summed E-state index contributed by atoms with van der Waals surface area (Å²) in [6.07, 6.45) is 2.58. The molecular formula is C18H21Cl4N3O2. The van der Waals surface area contributed by atoms with Gasteiger partial charge in [0, 0.05) is 24.3 Å². The van der Waals surface area contributed by atoms with Crippen molar-refractivity contribution in [3.05, 3.63) is 52.1 Å². The fraction of sp³-hybridized carbons (Fsp3) is 0.333. The molecule has 27 heavy (non-hydrogen) atoms. The van der Waals surface area contributed by atoms with Gasteiger partial charge in [-0.15, -0.1) is 24.8 Å². The zero-order chi connectivity index (χ0) is 17.8. The number of aromatic nitrogens is 1. The SMILES string of the molecule is CNCC1CCN(C(=O)c2cccnc2Oc2ccc(Cl)cc2Cl)C1.Cl.Cl. The molecule has 0 saturated carbocycles. The smallest absolute Gasteiger partial charge is 0.259 e. The molecule has 0 radical (unpaired) electrons. The normalized spacial score (nSPS) is 15.7. The molecule has 0 aliphatic carbocycles. The van der Waals surface area contributed by atoms with Crippen molar-refractivity contribution in [1.29, 1.82) is 0 Å². The van der Waals surface area contributed by atoms with Crippen LogP contribution in [0.5, 0.6) is 11.6 Å². The Labute approximate surface area is 181 Å². The second kappa shape index (κ2) is 10.9. The van der Waals surface area contributed by atoms with Crippen molar-refractivity contribution >= 4 is 53.9 Å². The fourth-order valence-electron chi connectivity index (χ4n) is 2.94. The summed E-state index contributed by atoms with van der Waals surface area (Å²) in [4.78, 5) is 18.9. The highest BCUT2D eigenvalue weighted by Gasteiger charge is 2.28. The van der Waals surface area contributed by atoms with Crippen molar-refractivity contribution in [1.82, 2.24) is 15.2 Å². The average Bonchev–Trinajstić information content (AvgIpc) is 3.06. The van der Waals surface area contributed by atoms with Crippen LogP contribution in [0.3, 0.4) is 0 Å². The number of ether oxygens (including phenoxy) is 1. The summed E-state index contributed by atoms with van der Waals surface area (Å²) in [5.41, 5.74) is 0.429. The second-order valence-corrected chi connectivity index (χ2v) is 6.84. The number of amides is 1. The van der Waals surface area contributed by atoms with Gasteiger partial charge in [0.25, 0.3) is 5.91 Å². The quantitative estimate of drug-likeness (QED) is 0.713. The third-order valence-electron chi connectivity index (χ3n) is 4.17. The lowest BCUT2D eigenvalue weighted by atomic mass is 10.1. The fourth-order valence-corrected chi connectivity index (χ4v) is 3.39. The largest absolute Gasteiger partial charge is 0.437 e. The molecule has 0 spiro atoms. The molecule has 9 heteroatoms.